The molecule has 1 saturated heterocycles. The van der Waals surface area contributed by atoms with Crippen LogP contribution in [0.25, 0.3) is 0 Å². The molecule has 2 heteroatoms. The summed E-state index contributed by atoms with van der Waals surface area (Å²) >= 11 is 2.03. The van der Waals surface area contributed by atoms with Gasteiger partial charge in [0, 0.05) is 12.2 Å². The van der Waals surface area contributed by atoms with Crippen LogP contribution >= 0.6 is 11.8 Å². The lowest BCUT2D eigenvalue weighted by molar-refractivity contribution is 0.414. The van der Waals surface area contributed by atoms with Gasteiger partial charge in [-0.25, -0.2) is 0 Å². The van der Waals surface area contributed by atoms with Crippen molar-refractivity contribution < 1.29 is 4.74 Å². The zero-order chi connectivity index (χ0) is 9.80. The average Bonchev–Trinajstić information content (AvgIpc) is 2.72. The minimum Gasteiger partial charge on any atom is -0.497 e. The first-order chi connectivity index (χ1) is 6.88. The number of thioether (sulfide) groups is 1. The fourth-order valence-electron chi connectivity index (χ4n) is 1.67. The Morgan fingerprint density at radius 3 is 2.71 bits per heavy atom. The van der Waals surface area contributed by atoms with Crippen molar-refractivity contribution in [1.29, 1.82) is 0 Å². The van der Waals surface area contributed by atoms with Crippen molar-refractivity contribution in [3.63, 3.8) is 0 Å². The SMILES string of the molecule is COc1ccc(C[C+]2CCCS2)cc1. The van der Waals surface area contributed by atoms with Crippen LogP contribution in [0.3, 0.4) is 0 Å². The first-order valence-electron chi connectivity index (χ1n) is 4.99. The lowest BCUT2D eigenvalue weighted by atomic mass is 10.1. The van der Waals surface area contributed by atoms with E-state index < -0.39 is 0 Å². The number of ether oxygens (including phenoxy) is 1. The van der Waals surface area contributed by atoms with Gasteiger partial charge in [0.05, 0.1) is 18.9 Å². The predicted molar refractivity (Wildman–Crippen MR) is 61.6 cm³/mol. The summed E-state index contributed by atoms with van der Waals surface area (Å²) in [5.74, 6) is 2.25. The maximum atomic E-state index is 5.13. The molecule has 1 heterocycles. The summed E-state index contributed by atoms with van der Waals surface area (Å²) < 4.78 is 5.13. The molecule has 0 atom stereocenters. The Morgan fingerprint density at radius 1 is 1.36 bits per heavy atom. The molecular formula is C12H15OS+. The molecule has 1 aromatic rings. The van der Waals surface area contributed by atoms with E-state index in [9.17, 15) is 0 Å². The Bertz CT molecular complexity index is 275. The Morgan fingerprint density at radius 2 is 2.14 bits per heavy atom. The van der Waals surface area contributed by atoms with Gasteiger partial charge in [0.25, 0.3) is 0 Å². The van der Waals surface area contributed by atoms with E-state index >= 15 is 0 Å². The fraction of sp³-hybridized carbons (Fsp3) is 0.417. The van der Waals surface area contributed by atoms with Gasteiger partial charge in [-0.15, -0.1) is 0 Å². The number of benzene rings is 1. The van der Waals surface area contributed by atoms with Crippen LogP contribution in [0.5, 0.6) is 5.75 Å². The minimum atomic E-state index is 0.942. The van der Waals surface area contributed by atoms with Crippen LogP contribution in [0, 0.1) is 5.25 Å². The standard InChI is InChI=1S/C12H15OS/c1-13-11-6-4-10(5-7-11)9-12-3-2-8-14-12/h4-7H,2-3,8-9H2,1H3/q+1. The molecule has 1 aromatic carbocycles. The highest BCUT2D eigenvalue weighted by molar-refractivity contribution is 8.02. The summed E-state index contributed by atoms with van der Waals surface area (Å²) in [7, 11) is 1.70. The number of rotatable bonds is 3. The van der Waals surface area contributed by atoms with Crippen molar-refractivity contribution in [2.75, 3.05) is 12.9 Å². The zero-order valence-corrected chi connectivity index (χ0v) is 9.27. The van der Waals surface area contributed by atoms with E-state index in [2.05, 4.69) is 12.1 Å². The van der Waals surface area contributed by atoms with E-state index in [-0.39, 0.29) is 0 Å². The molecule has 1 aliphatic rings. The molecule has 0 radical (unpaired) electrons. The summed E-state index contributed by atoms with van der Waals surface area (Å²) in [6.45, 7) is 0. The maximum Gasteiger partial charge on any atom is 0.161 e. The molecule has 0 spiro atoms. The Balaban J connectivity index is 1.95. The zero-order valence-electron chi connectivity index (χ0n) is 8.45. The van der Waals surface area contributed by atoms with Crippen molar-refractivity contribution in [3.05, 3.63) is 35.1 Å². The van der Waals surface area contributed by atoms with Crippen molar-refractivity contribution in [3.8, 4) is 5.75 Å². The van der Waals surface area contributed by atoms with Gasteiger partial charge in [-0.1, -0.05) is 12.1 Å². The molecule has 0 aromatic heterocycles. The Hall–Kier alpha value is -0.760. The third kappa shape index (κ3) is 2.38. The van der Waals surface area contributed by atoms with Crippen LogP contribution in [0.1, 0.15) is 18.4 Å². The van der Waals surface area contributed by atoms with E-state index in [0.717, 1.165) is 12.2 Å². The van der Waals surface area contributed by atoms with Crippen LogP contribution in [0.2, 0.25) is 0 Å². The molecule has 0 N–H and O–H groups in total. The van der Waals surface area contributed by atoms with Crippen molar-refractivity contribution in [1.82, 2.24) is 0 Å². The van der Waals surface area contributed by atoms with Crippen molar-refractivity contribution >= 4 is 11.8 Å². The Kier molecular flexibility index (Phi) is 3.25. The topological polar surface area (TPSA) is 9.23 Å². The highest BCUT2D eigenvalue weighted by atomic mass is 32.2. The second-order valence-electron chi connectivity index (χ2n) is 3.52. The summed E-state index contributed by atoms with van der Waals surface area (Å²) in [6.07, 6.45) is 3.79. The monoisotopic (exact) mass is 207 g/mol. The number of hydrogen-bond donors (Lipinski definition) is 0. The molecule has 74 valence electrons. The summed E-state index contributed by atoms with van der Waals surface area (Å²) in [6, 6.07) is 8.39. The van der Waals surface area contributed by atoms with Gasteiger partial charge in [-0.05, 0) is 17.7 Å². The van der Waals surface area contributed by atoms with Gasteiger partial charge in [0.2, 0.25) is 0 Å². The van der Waals surface area contributed by atoms with Crippen LogP contribution in [-0.4, -0.2) is 12.9 Å². The first kappa shape index (κ1) is 9.78. The van der Waals surface area contributed by atoms with Gasteiger partial charge in [0.1, 0.15) is 18.6 Å². The van der Waals surface area contributed by atoms with E-state index in [1.54, 1.807) is 12.4 Å². The van der Waals surface area contributed by atoms with Crippen LogP contribution in [0.4, 0.5) is 0 Å². The number of hydrogen-bond acceptors (Lipinski definition) is 2. The molecule has 0 bridgehead atoms. The maximum absolute atomic E-state index is 5.13. The molecule has 0 amide bonds. The van der Waals surface area contributed by atoms with Crippen LogP contribution in [-0.2, 0) is 6.42 Å². The van der Waals surface area contributed by atoms with Crippen LogP contribution in [0.15, 0.2) is 24.3 Å². The molecule has 0 saturated carbocycles. The lowest BCUT2D eigenvalue weighted by Gasteiger charge is -2.01. The summed E-state index contributed by atoms with van der Waals surface area (Å²) in [5.41, 5.74) is 1.40. The second kappa shape index (κ2) is 4.65. The van der Waals surface area contributed by atoms with Gasteiger partial charge in [-0.3, -0.25) is 0 Å². The molecule has 1 nitrogen and oxygen atoms in total. The van der Waals surface area contributed by atoms with Gasteiger partial charge in [-0.2, -0.15) is 0 Å². The van der Waals surface area contributed by atoms with Crippen molar-refractivity contribution in [2.24, 2.45) is 0 Å². The third-order valence-electron chi connectivity index (χ3n) is 2.47. The third-order valence-corrected chi connectivity index (χ3v) is 3.72. The van der Waals surface area contributed by atoms with Gasteiger partial charge >= 0.3 is 0 Å². The van der Waals surface area contributed by atoms with E-state index in [1.807, 2.05) is 23.9 Å². The van der Waals surface area contributed by atoms with E-state index in [4.69, 9.17) is 4.74 Å². The first-order valence-corrected chi connectivity index (χ1v) is 5.97. The van der Waals surface area contributed by atoms with Gasteiger partial charge in [0.15, 0.2) is 5.25 Å². The molecule has 0 unspecified atom stereocenters. The quantitative estimate of drug-likeness (QED) is 0.703. The molecule has 14 heavy (non-hydrogen) atoms. The highest BCUT2D eigenvalue weighted by Crippen LogP contribution is 2.35. The van der Waals surface area contributed by atoms with Crippen molar-refractivity contribution in [2.45, 2.75) is 19.3 Å². The smallest absolute Gasteiger partial charge is 0.161 e. The second-order valence-corrected chi connectivity index (χ2v) is 4.79. The molecule has 1 aliphatic heterocycles. The Labute approximate surface area is 89.9 Å². The molecule has 0 aliphatic carbocycles. The normalized spacial score (nSPS) is 15.9. The van der Waals surface area contributed by atoms with Gasteiger partial charge < -0.3 is 4.74 Å². The minimum absolute atomic E-state index is 0.942. The van der Waals surface area contributed by atoms with E-state index in [1.165, 1.54) is 24.2 Å². The van der Waals surface area contributed by atoms with E-state index in [0.29, 0.717) is 0 Å². The highest BCUT2D eigenvalue weighted by Gasteiger charge is 2.28. The summed E-state index contributed by atoms with van der Waals surface area (Å²) in [4.78, 5) is 0. The lowest BCUT2D eigenvalue weighted by Crippen LogP contribution is -1.93. The predicted octanol–water partition coefficient (Wildman–Crippen LogP) is 3.30. The number of methoxy groups -OCH3 is 1. The largest absolute Gasteiger partial charge is 0.497 e. The summed E-state index contributed by atoms with van der Waals surface area (Å²) in [5, 5.41) is 1.63. The fourth-order valence-corrected chi connectivity index (χ4v) is 2.80. The van der Waals surface area contributed by atoms with Crippen LogP contribution < -0.4 is 4.74 Å². The molecular weight excluding hydrogens is 192 g/mol. The average molecular weight is 207 g/mol. The molecule has 1 fully saturated rings. The molecule has 2 rings (SSSR count).